The molecule has 1 aliphatic heterocycles. The normalized spacial score (nSPS) is 20.9. The summed E-state index contributed by atoms with van der Waals surface area (Å²) < 4.78 is 0. The van der Waals surface area contributed by atoms with Crippen molar-refractivity contribution < 1.29 is 0 Å². The zero-order chi connectivity index (χ0) is 13.0. The van der Waals surface area contributed by atoms with Gasteiger partial charge in [0.1, 0.15) is 0 Å². The number of rotatable bonds is 4. The van der Waals surface area contributed by atoms with E-state index in [1.807, 2.05) is 0 Å². The largest absolute Gasteiger partial charge is 0.378 e. The molecule has 0 amide bonds. The summed E-state index contributed by atoms with van der Waals surface area (Å²) in [5, 5.41) is 3.60. The van der Waals surface area contributed by atoms with Crippen LogP contribution in [-0.2, 0) is 6.42 Å². The van der Waals surface area contributed by atoms with E-state index in [-0.39, 0.29) is 0 Å². The highest BCUT2D eigenvalue weighted by atomic mass is 15.2. The second kappa shape index (κ2) is 6.21. The van der Waals surface area contributed by atoms with Gasteiger partial charge in [-0.05, 0) is 37.6 Å². The fraction of sp³-hybridized carbons (Fsp3) is 0.600. The lowest BCUT2D eigenvalue weighted by molar-refractivity contribution is 0.232. The van der Waals surface area contributed by atoms with Gasteiger partial charge in [-0.3, -0.25) is 0 Å². The number of piperazine rings is 1. The second-order valence-corrected chi connectivity index (χ2v) is 5.51. The molecule has 1 atom stereocenters. The Morgan fingerprint density at radius 2 is 2.00 bits per heavy atom. The van der Waals surface area contributed by atoms with Crippen LogP contribution in [0.15, 0.2) is 24.3 Å². The highest BCUT2D eigenvalue weighted by Crippen LogP contribution is 2.14. The van der Waals surface area contributed by atoms with E-state index in [1.54, 1.807) is 0 Å². The predicted octanol–water partition coefficient (Wildman–Crippen LogP) is 1.59. The van der Waals surface area contributed by atoms with Crippen molar-refractivity contribution in [2.45, 2.75) is 18.9 Å². The predicted molar refractivity (Wildman–Crippen MR) is 78.4 cm³/mol. The van der Waals surface area contributed by atoms with E-state index < -0.39 is 0 Å². The minimum absolute atomic E-state index is 0.650. The minimum Gasteiger partial charge on any atom is -0.378 e. The highest BCUT2D eigenvalue weighted by Gasteiger charge is 2.15. The first-order chi connectivity index (χ1) is 8.65. The van der Waals surface area contributed by atoms with E-state index in [2.05, 4.69) is 60.5 Å². The molecule has 0 spiro atoms. The third kappa shape index (κ3) is 3.72. The summed E-state index contributed by atoms with van der Waals surface area (Å²) in [6.07, 6.45) is 2.39. The number of benzene rings is 1. The fourth-order valence-electron chi connectivity index (χ4n) is 2.49. The molecule has 1 aromatic carbocycles. The Bertz CT molecular complexity index is 359. The summed E-state index contributed by atoms with van der Waals surface area (Å²) in [5.41, 5.74) is 2.71. The van der Waals surface area contributed by atoms with Gasteiger partial charge in [-0.2, -0.15) is 0 Å². The van der Waals surface area contributed by atoms with Crippen LogP contribution in [0.3, 0.4) is 0 Å². The monoisotopic (exact) mass is 247 g/mol. The summed E-state index contributed by atoms with van der Waals surface area (Å²) in [4.78, 5) is 4.55. The van der Waals surface area contributed by atoms with Crippen molar-refractivity contribution in [2.75, 3.05) is 45.7 Å². The molecule has 2 rings (SSSR count). The van der Waals surface area contributed by atoms with Crippen LogP contribution in [0.25, 0.3) is 0 Å². The molecule has 3 heteroatoms. The van der Waals surface area contributed by atoms with E-state index in [0.29, 0.717) is 6.04 Å². The van der Waals surface area contributed by atoms with Crippen LogP contribution in [0.2, 0.25) is 0 Å². The molecule has 0 bridgehead atoms. The van der Waals surface area contributed by atoms with Crippen LogP contribution in [0.4, 0.5) is 5.69 Å². The van der Waals surface area contributed by atoms with Gasteiger partial charge in [0.05, 0.1) is 0 Å². The molecule has 0 aromatic heterocycles. The molecule has 1 heterocycles. The second-order valence-electron chi connectivity index (χ2n) is 5.51. The number of hydrogen-bond donors (Lipinski definition) is 1. The van der Waals surface area contributed by atoms with Gasteiger partial charge >= 0.3 is 0 Å². The summed E-state index contributed by atoms with van der Waals surface area (Å²) in [5.74, 6) is 0. The topological polar surface area (TPSA) is 18.5 Å². The van der Waals surface area contributed by atoms with Crippen molar-refractivity contribution >= 4 is 5.69 Å². The molecule has 3 nitrogen and oxygen atoms in total. The molecule has 18 heavy (non-hydrogen) atoms. The summed E-state index contributed by atoms with van der Waals surface area (Å²) in [6, 6.07) is 9.56. The lowest BCUT2D eigenvalue weighted by Gasteiger charge is -2.31. The van der Waals surface area contributed by atoms with E-state index in [9.17, 15) is 0 Å². The third-order valence-electron chi connectivity index (χ3n) is 3.69. The smallest absolute Gasteiger partial charge is 0.0361 e. The molecule has 0 radical (unpaired) electrons. The quantitative estimate of drug-likeness (QED) is 0.871. The summed E-state index contributed by atoms with van der Waals surface area (Å²) in [7, 11) is 6.37. The van der Waals surface area contributed by atoms with Crippen LogP contribution < -0.4 is 10.2 Å². The number of nitrogens with zero attached hydrogens (tertiary/aromatic N) is 2. The van der Waals surface area contributed by atoms with E-state index >= 15 is 0 Å². The maximum Gasteiger partial charge on any atom is 0.0361 e. The third-order valence-corrected chi connectivity index (χ3v) is 3.69. The number of aryl methyl sites for hydroxylation is 1. The lowest BCUT2D eigenvalue weighted by atomic mass is 10.0. The Hall–Kier alpha value is -1.06. The lowest BCUT2D eigenvalue weighted by Crippen LogP contribution is -2.49. The van der Waals surface area contributed by atoms with Crippen molar-refractivity contribution in [1.82, 2.24) is 10.2 Å². The molecule has 1 unspecified atom stereocenters. The standard InChI is InChI=1S/C15H25N3/c1-17(2)15-8-5-13(6-9-15)4-7-14-12-18(3)11-10-16-14/h5-6,8-9,14,16H,4,7,10-12H2,1-3H3. The van der Waals surface area contributed by atoms with Crippen molar-refractivity contribution in [3.8, 4) is 0 Å². The maximum absolute atomic E-state index is 3.60. The highest BCUT2D eigenvalue weighted by molar-refractivity contribution is 5.45. The van der Waals surface area contributed by atoms with Crippen molar-refractivity contribution in [2.24, 2.45) is 0 Å². The summed E-state index contributed by atoms with van der Waals surface area (Å²) in [6.45, 7) is 3.48. The zero-order valence-electron chi connectivity index (χ0n) is 11.8. The average Bonchev–Trinajstić information content (AvgIpc) is 2.37. The zero-order valence-corrected chi connectivity index (χ0v) is 11.8. The molecule has 1 saturated heterocycles. The molecule has 0 saturated carbocycles. The Morgan fingerprint density at radius 3 is 2.61 bits per heavy atom. The molecule has 1 aliphatic rings. The van der Waals surface area contributed by atoms with Gasteiger partial charge in [0.15, 0.2) is 0 Å². The number of anilines is 1. The van der Waals surface area contributed by atoms with E-state index in [0.717, 1.165) is 6.54 Å². The van der Waals surface area contributed by atoms with E-state index in [4.69, 9.17) is 0 Å². The van der Waals surface area contributed by atoms with Gasteiger partial charge in [0.25, 0.3) is 0 Å². The van der Waals surface area contributed by atoms with Gasteiger partial charge in [-0.1, -0.05) is 12.1 Å². The molecule has 0 aliphatic carbocycles. The van der Waals surface area contributed by atoms with Gasteiger partial charge in [-0.25, -0.2) is 0 Å². The maximum atomic E-state index is 3.60. The Morgan fingerprint density at radius 1 is 1.28 bits per heavy atom. The first kappa shape index (κ1) is 13.4. The van der Waals surface area contributed by atoms with Crippen LogP contribution >= 0.6 is 0 Å². The van der Waals surface area contributed by atoms with Crippen molar-refractivity contribution in [1.29, 1.82) is 0 Å². The van der Waals surface area contributed by atoms with Crippen molar-refractivity contribution in [3.05, 3.63) is 29.8 Å². The molecule has 1 fully saturated rings. The molecule has 100 valence electrons. The van der Waals surface area contributed by atoms with Crippen LogP contribution in [0, 0.1) is 0 Å². The molecular formula is C15H25N3. The van der Waals surface area contributed by atoms with Crippen LogP contribution in [0.1, 0.15) is 12.0 Å². The van der Waals surface area contributed by atoms with Gasteiger partial charge in [0.2, 0.25) is 0 Å². The minimum atomic E-state index is 0.650. The van der Waals surface area contributed by atoms with Crippen LogP contribution in [-0.4, -0.2) is 51.7 Å². The average molecular weight is 247 g/mol. The van der Waals surface area contributed by atoms with Crippen LogP contribution in [0.5, 0.6) is 0 Å². The Kier molecular flexibility index (Phi) is 4.61. The Balaban J connectivity index is 1.82. The number of likely N-dealkylation sites (N-methyl/N-ethyl adjacent to an activating group) is 1. The Labute approximate surface area is 111 Å². The molecular weight excluding hydrogens is 222 g/mol. The van der Waals surface area contributed by atoms with Gasteiger partial charge in [0, 0.05) is 45.5 Å². The van der Waals surface area contributed by atoms with Crippen molar-refractivity contribution in [3.63, 3.8) is 0 Å². The van der Waals surface area contributed by atoms with E-state index in [1.165, 1.54) is 37.2 Å². The number of hydrogen-bond acceptors (Lipinski definition) is 3. The first-order valence-electron chi connectivity index (χ1n) is 6.83. The summed E-state index contributed by atoms with van der Waals surface area (Å²) >= 11 is 0. The first-order valence-corrected chi connectivity index (χ1v) is 6.83. The molecule has 1 aromatic rings. The fourth-order valence-corrected chi connectivity index (χ4v) is 2.49. The van der Waals surface area contributed by atoms with Gasteiger partial charge < -0.3 is 15.1 Å². The number of nitrogens with one attached hydrogen (secondary N) is 1. The molecule has 1 N–H and O–H groups in total. The van der Waals surface area contributed by atoms with Gasteiger partial charge in [-0.15, -0.1) is 0 Å². The SMILES string of the molecule is CN1CCNC(CCc2ccc(N(C)C)cc2)C1.